The van der Waals surface area contributed by atoms with E-state index in [0.29, 0.717) is 11.3 Å². The van der Waals surface area contributed by atoms with Gasteiger partial charge in [0.1, 0.15) is 24.6 Å². The van der Waals surface area contributed by atoms with Gasteiger partial charge >= 0.3 is 5.97 Å². The number of carbonyl (C=O) groups is 1. The first-order chi connectivity index (χ1) is 10.2. The molecule has 0 saturated heterocycles. The first kappa shape index (κ1) is 13.7. The van der Waals surface area contributed by atoms with Crippen molar-refractivity contribution in [1.29, 1.82) is 0 Å². The summed E-state index contributed by atoms with van der Waals surface area (Å²) in [5.41, 5.74) is 0.845. The summed E-state index contributed by atoms with van der Waals surface area (Å²) < 4.78 is 21.1. The van der Waals surface area contributed by atoms with Gasteiger partial charge in [0.05, 0.1) is 17.2 Å². The molecule has 0 amide bonds. The molecule has 0 spiro atoms. The zero-order chi connectivity index (χ0) is 14.8. The second-order valence-electron chi connectivity index (χ2n) is 5.22. The summed E-state index contributed by atoms with van der Waals surface area (Å²) in [6, 6.07) is 4.67. The summed E-state index contributed by atoms with van der Waals surface area (Å²) in [6.07, 6.45) is 4.96. The van der Waals surface area contributed by atoms with Gasteiger partial charge in [-0.05, 0) is 31.9 Å². The Morgan fingerprint density at radius 2 is 2.29 bits per heavy atom. The van der Waals surface area contributed by atoms with Gasteiger partial charge in [0, 0.05) is 0 Å². The Bertz CT molecular complexity index is 638. The number of hydrogen-bond acceptors (Lipinski definition) is 4. The smallest absolute Gasteiger partial charge is 0.309 e. The number of benzene rings is 1. The van der Waals surface area contributed by atoms with Crippen molar-refractivity contribution >= 4 is 5.97 Å². The van der Waals surface area contributed by atoms with Crippen LogP contribution >= 0.6 is 0 Å². The summed E-state index contributed by atoms with van der Waals surface area (Å²) in [5, 5.41) is 4.01. The fourth-order valence-corrected chi connectivity index (χ4v) is 2.43. The minimum Gasteiger partial charge on any atom is -0.457 e. The van der Waals surface area contributed by atoms with Crippen LogP contribution in [0.25, 0.3) is 5.69 Å². The highest BCUT2D eigenvalue weighted by Gasteiger charge is 2.29. The van der Waals surface area contributed by atoms with E-state index in [0.717, 1.165) is 19.3 Å². The van der Waals surface area contributed by atoms with Crippen LogP contribution in [0.3, 0.4) is 0 Å². The zero-order valence-electron chi connectivity index (χ0n) is 11.7. The molecule has 2 aromatic rings. The summed E-state index contributed by atoms with van der Waals surface area (Å²) in [6.45, 7) is 1.68. The quantitative estimate of drug-likeness (QED) is 0.812. The molecule has 1 aromatic heterocycles. The van der Waals surface area contributed by atoms with Gasteiger partial charge in [-0.2, -0.15) is 5.10 Å². The maximum atomic E-state index is 14.2. The van der Waals surface area contributed by atoms with Crippen LogP contribution < -0.4 is 0 Å². The summed E-state index contributed by atoms with van der Waals surface area (Å²) in [4.78, 5) is 15.8. The number of rotatable bonds is 4. The molecule has 6 heteroatoms. The molecule has 110 valence electrons. The fourth-order valence-electron chi connectivity index (χ4n) is 2.43. The second kappa shape index (κ2) is 5.63. The van der Waals surface area contributed by atoms with Gasteiger partial charge in [-0.3, -0.25) is 4.79 Å². The van der Waals surface area contributed by atoms with E-state index in [1.165, 1.54) is 23.4 Å². The van der Waals surface area contributed by atoms with Crippen LogP contribution in [0.5, 0.6) is 0 Å². The van der Waals surface area contributed by atoms with E-state index in [-0.39, 0.29) is 11.9 Å². The van der Waals surface area contributed by atoms with Crippen molar-refractivity contribution in [3.05, 3.63) is 42.2 Å². The van der Waals surface area contributed by atoms with Crippen LogP contribution in [0.4, 0.5) is 4.39 Å². The summed E-state index contributed by atoms with van der Waals surface area (Å²) in [7, 11) is 0. The van der Waals surface area contributed by atoms with Crippen molar-refractivity contribution in [2.75, 3.05) is 0 Å². The standard InChI is InChI=1S/C15H16FN3O2/c1-10(21-15(20)11-4-2-5-11)14-12(16)6-3-7-13(14)19-9-17-8-18-19/h3,6-11H,2,4-5H2,1H3. The number of aromatic nitrogens is 3. The van der Waals surface area contributed by atoms with E-state index in [1.807, 2.05) is 0 Å². The van der Waals surface area contributed by atoms with Crippen LogP contribution in [-0.4, -0.2) is 20.7 Å². The Morgan fingerprint density at radius 3 is 2.90 bits per heavy atom. The molecule has 5 nitrogen and oxygen atoms in total. The van der Waals surface area contributed by atoms with E-state index < -0.39 is 11.9 Å². The molecule has 0 bridgehead atoms. The Labute approximate surface area is 121 Å². The third-order valence-corrected chi connectivity index (χ3v) is 3.83. The van der Waals surface area contributed by atoms with Gasteiger partial charge in [-0.25, -0.2) is 14.1 Å². The molecule has 1 saturated carbocycles. The van der Waals surface area contributed by atoms with E-state index in [4.69, 9.17) is 4.74 Å². The van der Waals surface area contributed by atoms with Gasteiger partial charge in [0.2, 0.25) is 0 Å². The van der Waals surface area contributed by atoms with Crippen molar-refractivity contribution in [2.45, 2.75) is 32.3 Å². The maximum absolute atomic E-state index is 14.2. The number of esters is 1. The Balaban J connectivity index is 1.88. The topological polar surface area (TPSA) is 57.0 Å². The predicted molar refractivity (Wildman–Crippen MR) is 73.2 cm³/mol. The molecule has 1 aliphatic carbocycles. The first-order valence-electron chi connectivity index (χ1n) is 7.00. The Kier molecular flexibility index (Phi) is 3.68. The van der Waals surface area contributed by atoms with E-state index in [9.17, 15) is 9.18 Å². The maximum Gasteiger partial charge on any atom is 0.309 e. The van der Waals surface area contributed by atoms with Crippen molar-refractivity contribution in [1.82, 2.24) is 14.8 Å². The van der Waals surface area contributed by atoms with Crippen molar-refractivity contribution < 1.29 is 13.9 Å². The van der Waals surface area contributed by atoms with Gasteiger partial charge < -0.3 is 4.74 Å². The lowest BCUT2D eigenvalue weighted by Crippen LogP contribution is -2.25. The van der Waals surface area contributed by atoms with Crippen LogP contribution in [0.2, 0.25) is 0 Å². The molecular weight excluding hydrogens is 273 g/mol. The largest absolute Gasteiger partial charge is 0.457 e. The van der Waals surface area contributed by atoms with Gasteiger partial charge in [-0.1, -0.05) is 12.5 Å². The molecule has 3 rings (SSSR count). The molecule has 1 aliphatic rings. The van der Waals surface area contributed by atoms with Gasteiger partial charge in [-0.15, -0.1) is 0 Å². The highest BCUT2D eigenvalue weighted by molar-refractivity contribution is 5.73. The number of ether oxygens (including phenoxy) is 1. The monoisotopic (exact) mass is 289 g/mol. The molecule has 1 unspecified atom stereocenters. The number of carbonyl (C=O) groups excluding carboxylic acids is 1. The molecule has 1 fully saturated rings. The molecule has 1 atom stereocenters. The van der Waals surface area contributed by atoms with Crippen LogP contribution in [-0.2, 0) is 9.53 Å². The van der Waals surface area contributed by atoms with Crippen LogP contribution in [0.1, 0.15) is 37.9 Å². The number of halogens is 1. The zero-order valence-corrected chi connectivity index (χ0v) is 11.7. The molecule has 21 heavy (non-hydrogen) atoms. The third-order valence-electron chi connectivity index (χ3n) is 3.83. The highest BCUT2D eigenvalue weighted by atomic mass is 19.1. The van der Waals surface area contributed by atoms with Gasteiger partial charge in [0.25, 0.3) is 0 Å². The normalized spacial score (nSPS) is 16.3. The lowest BCUT2D eigenvalue weighted by Gasteiger charge is -2.26. The molecule has 1 heterocycles. The molecule has 0 aliphatic heterocycles. The van der Waals surface area contributed by atoms with Gasteiger partial charge in [0.15, 0.2) is 0 Å². The lowest BCUT2D eigenvalue weighted by molar-refractivity contribution is -0.156. The van der Waals surface area contributed by atoms with E-state index in [2.05, 4.69) is 10.1 Å². The predicted octanol–water partition coefficient (Wildman–Crippen LogP) is 2.81. The van der Waals surface area contributed by atoms with E-state index in [1.54, 1.807) is 19.1 Å². The second-order valence-corrected chi connectivity index (χ2v) is 5.22. The Morgan fingerprint density at radius 1 is 1.48 bits per heavy atom. The molecule has 0 N–H and O–H groups in total. The molecular formula is C15H16FN3O2. The summed E-state index contributed by atoms with van der Waals surface area (Å²) in [5.74, 6) is -0.701. The summed E-state index contributed by atoms with van der Waals surface area (Å²) >= 11 is 0. The van der Waals surface area contributed by atoms with Crippen molar-refractivity contribution in [3.63, 3.8) is 0 Å². The average molecular weight is 289 g/mol. The fraction of sp³-hybridized carbons (Fsp3) is 0.400. The van der Waals surface area contributed by atoms with E-state index >= 15 is 0 Å². The van der Waals surface area contributed by atoms with Crippen LogP contribution in [0, 0.1) is 11.7 Å². The van der Waals surface area contributed by atoms with Crippen LogP contribution in [0.15, 0.2) is 30.9 Å². The number of nitrogens with zero attached hydrogens (tertiary/aromatic N) is 3. The van der Waals surface area contributed by atoms with Crippen molar-refractivity contribution in [2.24, 2.45) is 5.92 Å². The highest BCUT2D eigenvalue weighted by Crippen LogP contribution is 2.32. The third kappa shape index (κ3) is 2.66. The number of hydrogen-bond donors (Lipinski definition) is 0. The minimum absolute atomic E-state index is 0.0333. The SMILES string of the molecule is CC(OC(=O)C1CCC1)c1c(F)cccc1-n1cncn1. The Hall–Kier alpha value is -2.24. The molecule has 1 aromatic carbocycles. The lowest BCUT2D eigenvalue weighted by atomic mass is 9.85. The average Bonchev–Trinajstić information content (AvgIpc) is 2.89. The van der Waals surface area contributed by atoms with Crippen molar-refractivity contribution in [3.8, 4) is 5.69 Å². The minimum atomic E-state index is -0.668. The first-order valence-corrected chi connectivity index (χ1v) is 7.00. The molecule has 0 radical (unpaired) electrons.